The summed E-state index contributed by atoms with van der Waals surface area (Å²) in [5, 5.41) is 3.80. The van der Waals surface area contributed by atoms with Gasteiger partial charge in [0.2, 0.25) is 0 Å². The van der Waals surface area contributed by atoms with Gasteiger partial charge in [-0.15, -0.1) is 0 Å². The van der Waals surface area contributed by atoms with Crippen LogP contribution in [0.4, 0.5) is 5.82 Å². The number of aromatic nitrogens is 3. The highest BCUT2D eigenvalue weighted by Gasteiger charge is 2.22. The molecule has 0 saturated carbocycles. The molecule has 1 saturated heterocycles. The van der Waals surface area contributed by atoms with Crippen molar-refractivity contribution in [2.45, 2.75) is 19.8 Å². The molecule has 0 N–H and O–H groups in total. The summed E-state index contributed by atoms with van der Waals surface area (Å²) < 4.78 is 5.21. The van der Waals surface area contributed by atoms with Gasteiger partial charge in [-0.3, -0.25) is 4.79 Å². The van der Waals surface area contributed by atoms with Crippen molar-refractivity contribution in [3.8, 4) is 11.5 Å². The first kappa shape index (κ1) is 11.8. The van der Waals surface area contributed by atoms with Crippen molar-refractivity contribution in [1.29, 1.82) is 0 Å². The predicted molar refractivity (Wildman–Crippen MR) is 68.7 cm³/mol. The van der Waals surface area contributed by atoms with Gasteiger partial charge in [0.05, 0.1) is 5.56 Å². The van der Waals surface area contributed by atoms with Crippen LogP contribution < -0.4 is 4.90 Å². The Labute approximate surface area is 110 Å². The first-order valence-electron chi connectivity index (χ1n) is 6.26. The van der Waals surface area contributed by atoms with E-state index in [2.05, 4.69) is 20.0 Å². The molecule has 19 heavy (non-hydrogen) atoms. The van der Waals surface area contributed by atoms with Crippen molar-refractivity contribution < 1.29 is 9.32 Å². The van der Waals surface area contributed by atoms with Crippen LogP contribution in [0.15, 0.2) is 22.9 Å². The number of hydrogen-bond acceptors (Lipinski definition) is 6. The van der Waals surface area contributed by atoms with E-state index in [0.29, 0.717) is 43.4 Å². The van der Waals surface area contributed by atoms with E-state index in [9.17, 15) is 4.79 Å². The Bertz CT molecular complexity index is 598. The summed E-state index contributed by atoms with van der Waals surface area (Å²) in [5.74, 6) is 2.18. The van der Waals surface area contributed by atoms with E-state index in [-0.39, 0.29) is 0 Å². The van der Waals surface area contributed by atoms with E-state index >= 15 is 0 Å². The number of pyridine rings is 1. The largest absolute Gasteiger partial charge is 0.355 e. The number of piperidine rings is 1. The molecule has 1 aliphatic heterocycles. The quantitative estimate of drug-likeness (QED) is 0.814. The lowest BCUT2D eigenvalue weighted by Gasteiger charge is -2.28. The summed E-state index contributed by atoms with van der Waals surface area (Å²) in [6.45, 7) is 3.16. The molecule has 3 rings (SSSR count). The minimum absolute atomic E-state index is 0.308. The van der Waals surface area contributed by atoms with Crippen LogP contribution in [0.2, 0.25) is 0 Å². The zero-order valence-electron chi connectivity index (χ0n) is 10.7. The number of aryl methyl sites for hydroxylation is 1. The van der Waals surface area contributed by atoms with Crippen molar-refractivity contribution in [3.05, 3.63) is 24.2 Å². The Hall–Kier alpha value is -2.24. The van der Waals surface area contributed by atoms with Crippen LogP contribution in [0, 0.1) is 6.92 Å². The van der Waals surface area contributed by atoms with Crippen LogP contribution >= 0.6 is 0 Å². The predicted octanol–water partition coefficient (Wildman–Crippen LogP) is 1.61. The van der Waals surface area contributed by atoms with E-state index in [4.69, 9.17) is 4.52 Å². The number of carbonyl (C=O) groups is 1. The van der Waals surface area contributed by atoms with Gasteiger partial charge in [0.25, 0.3) is 5.89 Å². The Kier molecular flexibility index (Phi) is 2.98. The van der Waals surface area contributed by atoms with E-state index in [0.717, 1.165) is 11.4 Å². The normalized spacial score (nSPS) is 15.8. The molecule has 0 bridgehead atoms. The minimum atomic E-state index is 0.308. The van der Waals surface area contributed by atoms with Crippen molar-refractivity contribution in [1.82, 2.24) is 15.1 Å². The Morgan fingerprint density at radius 3 is 2.79 bits per heavy atom. The average molecular weight is 258 g/mol. The molecule has 98 valence electrons. The fourth-order valence-corrected chi connectivity index (χ4v) is 2.19. The molecule has 0 unspecified atom stereocenters. The van der Waals surface area contributed by atoms with Crippen molar-refractivity contribution >= 4 is 11.6 Å². The highest BCUT2D eigenvalue weighted by atomic mass is 16.5. The first-order valence-corrected chi connectivity index (χ1v) is 6.26. The van der Waals surface area contributed by atoms with E-state index in [1.807, 2.05) is 12.1 Å². The van der Waals surface area contributed by atoms with Crippen molar-refractivity contribution in [3.63, 3.8) is 0 Å². The SMILES string of the molecule is Cc1noc(-c2cccnc2N2CCC(=O)CC2)n1. The molecule has 0 aliphatic carbocycles. The van der Waals surface area contributed by atoms with Gasteiger partial charge >= 0.3 is 0 Å². The maximum Gasteiger partial charge on any atom is 0.261 e. The number of carbonyl (C=O) groups excluding carboxylic acids is 1. The van der Waals surface area contributed by atoms with Crippen LogP contribution in [-0.2, 0) is 4.79 Å². The Balaban J connectivity index is 1.95. The second-order valence-electron chi connectivity index (χ2n) is 4.55. The lowest BCUT2D eigenvalue weighted by atomic mass is 10.1. The van der Waals surface area contributed by atoms with Crippen molar-refractivity contribution in [2.75, 3.05) is 18.0 Å². The van der Waals surface area contributed by atoms with E-state index in [1.165, 1.54) is 0 Å². The second-order valence-corrected chi connectivity index (χ2v) is 4.55. The molecule has 1 fully saturated rings. The molecule has 2 aromatic heterocycles. The second kappa shape index (κ2) is 4.79. The molecule has 2 aromatic rings. The van der Waals surface area contributed by atoms with Gasteiger partial charge in [0.1, 0.15) is 11.6 Å². The molecule has 6 nitrogen and oxygen atoms in total. The molecule has 0 radical (unpaired) electrons. The van der Waals surface area contributed by atoms with Gasteiger partial charge in [-0.2, -0.15) is 4.98 Å². The van der Waals surface area contributed by atoms with Gasteiger partial charge in [-0.05, 0) is 19.1 Å². The molecule has 0 aromatic carbocycles. The molecule has 3 heterocycles. The van der Waals surface area contributed by atoms with Crippen LogP contribution in [0.3, 0.4) is 0 Å². The van der Waals surface area contributed by atoms with E-state index in [1.54, 1.807) is 13.1 Å². The third kappa shape index (κ3) is 2.33. The Morgan fingerprint density at radius 2 is 2.11 bits per heavy atom. The van der Waals surface area contributed by atoms with E-state index < -0.39 is 0 Å². The molecule has 0 amide bonds. The monoisotopic (exact) mass is 258 g/mol. The molecule has 6 heteroatoms. The zero-order valence-corrected chi connectivity index (χ0v) is 10.7. The topological polar surface area (TPSA) is 72.1 Å². The summed E-state index contributed by atoms with van der Waals surface area (Å²) in [5.41, 5.74) is 0.817. The number of ketones is 1. The maximum atomic E-state index is 11.3. The third-order valence-corrected chi connectivity index (χ3v) is 3.17. The highest BCUT2D eigenvalue weighted by Crippen LogP contribution is 2.28. The standard InChI is InChI=1S/C13H14N4O2/c1-9-15-13(19-16-9)11-3-2-6-14-12(11)17-7-4-10(18)5-8-17/h2-3,6H,4-5,7-8H2,1H3. The fraction of sp³-hybridized carbons (Fsp3) is 0.385. The number of hydrogen-bond donors (Lipinski definition) is 0. The summed E-state index contributed by atoms with van der Waals surface area (Å²) in [6, 6.07) is 3.75. The summed E-state index contributed by atoms with van der Waals surface area (Å²) in [4.78, 5) is 22.0. The summed E-state index contributed by atoms with van der Waals surface area (Å²) in [7, 11) is 0. The lowest BCUT2D eigenvalue weighted by molar-refractivity contribution is -0.119. The van der Waals surface area contributed by atoms with Crippen molar-refractivity contribution in [2.24, 2.45) is 0 Å². The third-order valence-electron chi connectivity index (χ3n) is 3.17. The molecular weight excluding hydrogens is 244 g/mol. The molecule has 0 atom stereocenters. The molecule has 0 spiro atoms. The average Bonchev–Trinajstić information content (AvgIpc) is 2.86. The van der Waals surface area contributed by atoms with Gasteiger partial charge < -0.3 is 9.42 Å². The molecule has 1 aliphatic rings. The van der Waals surface area contributed by atoms with Gasteiger partial charge in [0.15, 0.2) is 5.82 Å². The number of Topliss-reactive ketones (excluding diaryl/α,β-unsaturated/α-hetero) is 1. The van der Waals surface area contributed by atoms with Gasteiger partial charge in [-0.25, -0.2) is 4.98 Å². The molecular formula is C13H14N4O2. The number of nitrogens with zero attached hydrogens (tertiary/aromatic N) is 4. The fourth-order valence-electron chi connectivity index (χ4n) is 2.19. The smallest absolute Gasteiger partial charge is 0.261 e. The first-order chi connectivity index (χ1) is 9.24. The van der Waals surface area contributed by atoms with Gasteiger partial charge in [-0.1, -0.05) is 5.16 Å². The summed E-state index contributed by atoms with van der Waals surface area (Å²) in [6.07, 6.45) is 2.87. The van der Waals surface area contributed by atoms with Crippen LogP contribution in [-0.4, -0.2) is 34.0 Å². The maximum absolute atomic E-state index is 11.3. The number of anilines is 1. The van der Waals surface area contributed by atoms with Crippen LogP contribution in [0.5, 0.6) is 0 Å². The number of rotatable bonds is 2. The summed E-state index contributed by atoms with van der Waals surface area (Å²) >= 11 is 0. The highest BCUT2D eigenvalue weighted by molar-refractivity contribution is 5.82. The Morgan fingerprint density at radius 1 is 1.32 bits per heavy atom. The van der Waals surface area contributed by atoms with Crippen LogP contribution in [0.25, 0.3) is 11.5 Å². The van der Waals surface area contributed by atoms with Crippen LogP contribution in [0.1, 0.15) is 18.7 Å². The zero-order chi connectivity index (χ0) is 13.2. The lowest BCUT2D eigenvalue weighted by Crippen LogP contribution is -2.34. The van der Waals surface area contributed by atoms with Gasteiger partial charge in [0, 0.05) is 32.1 Å². The minimum Gasteiger partial charge on any atom is -0.355 e.